The second-order valence-corrected chi connectivity index (χ2v) is 4.19. The van der Waals surface area contributed by atoms with Gasteiger partial charge in [0.15, 0.2) is 17.0 Å². The Hall–Kier alpha value is -1.76. The Bertz CT molecular complexity index is 490. The third kappa shape index (κ3) is 2.68. The number of rotatable bonds is 5. The first-order valence-electron chi connectivity index (χ1n) is 5.57. The molecule has 0 amide bonds. The van der Waals surface area contributed by atoms with Gasteiger partial charge in [-0.2, -0.15) is 0 Å². The van der Waals surface area contributed by atoms with E-state index in [1.54, 1.807) is 4.68 Å². The Kier molecular flexibility index (Phi) is 3.48. The summed E-state index contributed by atoms with van der Waals surface area (Å²) in [6.07, 6.45) is 2.58. The molecule has 2 rings (SSSR count). The fourth-order valence-corrected chi connectivity index (χ4v) is 1.58. The van der Waals surface area contributed by atoms with Gasteiger partial charge in [-0.1, -0.05) is 5.21 Å². The highest BCUT2D eigenvalue weighted by atomic mass is 15.4. The number of fused-ring (bicyclic) bond motifs is 1. The van der Waals surface area contributed by atoms with Crippen LogP contribution in [0.1, 0.15) is 6.42 Å². The van der Waals surface area contributed by atoms with E-state index in [0.29, 0.717) is 0 Å². The van der Waals surface area contributed by atoms with Crippen LogP contribution in [0.15, 0.2) is 6.33 Å². The summed E-state index contributed by atoms with van der Waals surface area (Å²) in [6.45, 7) is 1.91. The Balaban J connectivity index is 2.03. The van der Waals surface area contributed by atoms with Crippen LogP contribution in [0.5, 0.6) is 0 Å². The predicted octanol–water partition coefficient (Wildman–Crippen LogP) is 0.122. The van der Waals surface area contributed by atoms with Gasteiger partial charge in [-0.25, -0.2) is 14.6 Å². The summed E-state index contributed by atoms with van der Waals surface area (Å²) < 4.78 is 1.64. The maximum Gasteiger partial charge on any atom is 0.183 e. The van der Waals surface area contributed by atoms with Crippen molar-refractivity contribution >= 4 is 17.0 Å². The summed E-state index contributed by atoms with van der Waals surface area (Å²) in [6, 6.07) is 0. The van der Waals surface area contributed by atoms with Crippen LogP contribution in [0.2, 0.25) is 0 Å². The number of aryl methyl sites for hydroxylation is 1. The molecule has 1 N–H and O–H groups in total. The number of hydrogen-bond donors (Lipinski definition) is 1. The maximum absolute atomic E-state index is 4.19. The predicted molar refractivity (Wildman–Crippen MR) is 65.8 cm³/mol. The number of nitrogens with zero attached hydrogens (tertiary/aromatic N) is 6. The molecule has 7 heteroatoms. The molecule has 7 nitrogen and oxygen atoms in total. The van der Waals surface area contributed by atoms with Crippen LogP contribution in [0.25, 0.3) is 11.2 Å². The van der Waals surface area contributed by atoms with Crippen molar-refractivity contribution in [2.75, 3.05) is 32.5 Å². The van der Waals surface area contributed by atoms with E-state index in [4.69, 9.17) is 0 Å². The van der Waals surface area contributed by atoms with Gasteiger partial charge in [-0.15, -0.1) is 5.10 Å². The number of anilines is 1. The van der Waals surface area contributed by atoms with Crippen molar-refractivity contribution in [3.63, 3.8) is 0 Å². The highest BCUT2D eigenvalue weighted by Gasteiger charge is 2.08. The minimum atomic E-state index is 0.722. The Morgan fingerprint density at radius 1 is 1.35 bits per heavy atom. The van der Waals surface area contributed by atoms with E-state index in [1.165, 1.54) is 6.33 Å². The molecule has 17 heavy (non-hydrogen) atoms. The molecule has 0 radical (unpaired) electrons. The molecule has 2 aromatic heterocycles. The van der Waals surface area contributed by atoms with Crippen molar-refractivity contribution < 1.29 is 0 Å². The van der Waals surface area contributed by atoms with Crippen molar-refractivity contribution in [1.82, 2.24) is 29.9 Å². The smallest absolute Gasteiger partial charge is 0.183 e. The van der Waals surface area contributed by atoms with Crippen molar-refractivity contribution in [3.8, 4) is 0 Å². The lowest BCUT2D eigenvalue weighted by Gasteiger charge is -2.09. The molecule has 0 aliphatic carbocycles. The molecule has 0 saturated carbocycles. The normalized spacial score (nSPS) is 11.3. The molecule has 0 aliphatic rings. The fraction of sp³-hybridized carbons (Fsp3) is 0.600. The maximum atomic E-state index is 4.19. The molecule has 0 unspecified atom stereocenters. The highest BCUT2D eigenvalue weighted by Crippen LogP contribution is 2.14. The average molecular weight is 235 g/mol. The number of hydrogen-bond acceptors (Lipinski definition) is 6. The molecular formula is C10H17N7. The van der Waals surface area contributed by atoms with Gasteiger partial charge < -0.3 is 10.2 Å². The lowest BCUT2D eigenvalue weighted by atomic mass is 10.4. The Labute approximate surface area is 99.8 Å². The summed E-state index contributed by atoms with van der Waals surface area (Å²) in [5.41, 5.74) is 1.47. The van der Waals surface area contributed by atoms with Crippen LogP contribution in [0, 0.1) is 0 Å². The van der Waals surface area contributed by atoms with Crippen molar-refractivity contribution in [2.45, 2.75) is 6.42 Å². The molecule has 0 fully saturated rings. The zero-order valence-corrected chi connectivity index (χ0v) is 10.4. The Morgan fingerprint density at radius 3 is 2.94 bits per heavy atom. The summed E-state index contributed by atoms with van der Waals surface area (Å²) in [5, 5.41) is 11.2. The van der Waals surface area contributed by atoms with Gasteiger partial charge in [-0.3, -0.25) is 0 Å². The van der Waals surface area contributed by atoms with Crippen LogP contribution in [0.4, 0.5) is 5.82 Å². The standard InChI is InChI=1S/C10H17N7/c1-16(2)6-4-5-11-9-8-10(13-7-12-9)17(3)15-14-8/h7H,4-6H2,1-3H3,(H,11,12,13). The van der Waals surface area contributed by atoms with Gasteiger partial charge in [0, 0.05) is 13.6 Å². The molecule has 0 spiro atoms. The van der Waals surface area contributed by atoms with Crippen LogP contribution in [-0.2, 0) is 7.05 Å². The van der Waals surface area contributed by atoms with Gasteiger partial charge in [0.1, 0.15) is 6.33 Å². The molecular weight excluding hydrogens is 218 g/mol. The van der Waals surface area contributed by atoms with Crippen molar-refractivity contribution in [3.05, 3.63) is 6.33 Å². The quantitative estimate of drug-likeness (QED) is 0.742. The van der Waals surface area contributed by atoms with Gasteiger partial charge in [-0.05, 0) is 27.1 Å². The first-order chi connectivity index (χ1) is 8.18. The molecule has 0 atom stereocenters. The van der Waals surface area contributed by atoms with E-state index in [9.17, 15) is 0 Å². The molecule has 2 aromatic rings. The zero-order chi connectivity index (χ0) is 12.3. The van der Waals surface area contributed by atoms with Gasteiger partial charge in [0.25, 0.3) is 0 Å². The lowest BCUT2D eigenvalue weighted by Crippen LogP contribution is -2.16. The van der Waals surface area contributed by atoms with Gasteiger partial charge >= 0.3 is 0 Å². The van der Waals surface area contributed by atoms with Crippen LogP contribution >= 0.6 is 0 Å². The minimum absolute atomic E-state index is 0.722. The summed E-state index contributed by atoms with van der Waals surface area (Å²) >= 11 is 0. The van der Waals surface area contributed by atoms with E-state index < -0.39 is 0 Å². The second kappa shape index (κ2) is 5.05. The molecule has 0 aromatic carbocycles. The van der Waals surface area contributed by atoms with Crippen molar-refractivity contribution in [1.29, 1.82) is 0 Å². The van der Waals surface area contributed by atoms with Crippen LogP contribution in [0.3, 0.4) is 0 Å². The SMILES string of the molecule is CN(C)CCCNc1ncnc2c1nnn2C. The van der Waals surface area contributed by atoms with Gasteiger partial charge in [0.2, 0.25) is 0 Å². The first kappa shape index (κ1) is 11.7. The summed E-state index contributed by atoms with van der Waals surface area (Å²) in [4.78, 5) is 10.5. The number of aromatic nitrogens is 5. The fourth-order valence-electron chi connectivity index (χ4n) is 1.58. The first-order valence-corrected chi connectivity index (χ1v) is 5.57. The lowest BCUT2D eigenvalue weighted by molar-refractivity contribution is 0.405. The van der Waals surface area contributed by atoms with E-state index in [1.807, 2.05) is 7.05 Å². The molecule has 0 bridgehead atoms. The summed E-state index contributed by atoms with van der Waals surface area (Å²) in [5.74, 6) is 0.752. The van der Waals surface area contributed by atoms with Crippen LogP contribution in [-0.4, -0.2) is 57.0 Å². The van der Waals surface area contributed by atoms with Crippen LogP contribution < -0.4 is 5.32 Å². The largest absolute Gasteiger partial charge is 0.368 e. The highest BCUT2D eigenvalue weighted by molar-refractivity contribution is 5.81. The molecule has 92 valence electrons. The monoisotopic (exact) mass is 235 g/mol. The van der Waals surface area contributed by atoms with E-state index in [2.05, 4.69) is 44.6 Å². The molecule has 0 aliphatic heterocycles. The third-order valence-electron chi connectivity index (χ3n) is 2.46. The Morgan fingerprint density at radius 2 is 2.18 bits per heavy atom. The molecule has 0 saturated heterocycles. The van der Waals surface area contributed by atoms with E-state index in [-0.39, 0.29) is 0 Å². The zero-order valence-electron chi connectivity index (χ0n) is 10.4. The second-order valence-electron chi connectivity index (χ2n) is 4.19. The minimum Gasteiger partial charge on any atom is -0.368 e. The van der Waals surface area contributed by atoms with Crippen molar-refractivity contribution in [2.24, 2.45) is 7.05 Å². The van der Waals surface area contributed by atoms with Gasteiger partial charge in [0.05, 0.1) is 0 Å². The van der Waals surface area contributed by atoms with E-state index in [0.717, 1.165) is 36.5 Å². The molecule has 2 heterocycles. The number of nitrogens with one attached hydrogen (secondary N) is 1. The van der Waals surface area contributed by atoms with E-state index >= 15 is 0 Å². The third-order valence-corrected chi connectivity index (χ3v) is 2.46. The average Bonchev–Trinajstić information content (AvgIpc) is 2.67. The summed E-state index contributed by atoms with van der Waals surface area (Å²) in [7, 11) is 5.94. The topological polar surface area (TPSA) is 71.8 Å².